The number of amides is 1. The Labute approximate surface area is 122 Å². The number of ether oxygens (including phenoxy) is 1. The molecule has 0 bridgehead atoms. The van der Waals surface area contributed by atoms with Crippen LogP contribution in [0.15, 0.2) is 0 Å². The van der Waals surface area contributed by atoms with Crippen LogP contribution in [0.4, 0.5) is 5.00 Å². The Bertz CT molecular complexity index is 534. The fraction of sp³-hybridized carbons (Fsp3) is 0.500. The minimum Gasteiger partial charge on any atom is -0.462 e. The van der Waals surface area contributed by atoms with E-state index in [2.05, 4.69) is 5.32 Å². The van der Waals surface area contributed by atoms with Gasteiger partial charge in [-0.1, -0.05) is 6.92 Å². The molecule has 0 aliphatic heterocycles. The Kier molecular flexibility index (Phi) is 5.88. The molecule has 1 amide bonds. The maximum atomic E-state index is 12.0. The molecule has 0 radical (unpaired) electrons. The van der Waals surface area contributed by atoms with E-state index in [0.717, 1.165) is 11.3 Å². The lowest BCUT2D eigenvalue weighted by atomic mass is 10.1. The molecule has 0 saturated heterocycles. The van der Waals surface area contributed by atoms with Gasteiger partial charge in [0.25, 0.3) is 0 Å². The Morgan fingerprint density at radius 2 is 1.90 bits per heavy atom. The predicted octanol–water partition coefficient (Wildman–Crippen LogP) is 3.17. The number of carbonyl (C=O) groups is 3. The van der Waals surface area contributed by atoms with Crippen LogP contribution in [0.1, 0.15) is 59.2 Å². The quantitative estimate of drug-likeness (QED) is 0.646. The lowest BCUT2D eigenvalue weighted by Crippen LogP contribution is -2.14. The summed E-state index contributed by atoms with van der Waals surface area (Å²) in [6, 6.07) is 0. The van der Waals surface area contributed by atoms with Crippen LogP contribution in [-0.2, 0) is 9.53 Å². The van der Waals surface area contributed by atoms with Gasteiger partial charge in [0.05, 0.1) is 17.0 Å². The third-order valence-corrected chi connectivity index (χ3v) is 3.98. The van der Waals surface area contributed by atoms with Gasteiger partial charge in [-0.05, 0) is 32.8 Å². The highest BCUT2D eigenvalue weighted by molar-refractivity contribution is 7.18. The maximum Gasteiger partial charge on any atom is 0.341 e. The zero-order chi connectivity index (χ0) is 15.3. The highest BCUT2D eigenvalue weighted by Crippen LogP contribution is 2.34. The Hall–Kier alpha value is -1.69. The Balaban J connectivity index is 3.19. The Morgan fingerprint density at radius 3 is 2.40 bits per heavy atom. The number of anilines is 1. The second-order valence-corrected chi connectivity index (χ2v) is 5.36. The number of nitrogens with one attached hydrogen (secondary N) is 1. The summed E-state index contributed by atoms with van der Waals surface area (Å²) in [6.45, 7) is 6.97. The van der Waals surface area contributed by atoms with E-state index >= 15 is 0 Å². The van der Waals surface area contributed by atoms with Crippen LogP contribution >= 0.6 is 11.3 Å². The number of ketones is 1. The number of hydrogen-bond donors (Lipinski definition) is 1. The summed E-state index contributed by atoms with van der Waals surface area (Å²) in [4.78, 5) is 35.7. The maximum absolute atomic E-state index is 12.0. The minimum atomic E-state index is -0.513. The SMILES string of the molecule is CCCC(=O)Nc1sc(C(C)=O)c(C)c1C(=O)OCC. The molecule has 20 heavy (non-hydrogen) atoms. The molecule has 6 heteroatoms. The molecule has 1 aromatic rings. The molecule has 1 heterocycles. The van der Waals surface area contributed by atoms with Crippen LogP contribution in [0, 0.1) is 6.92 Å². The average molecular weight is 297 g/mol. The fourth-order valence-electron chi connectivity index (χ4n) is 1.80. The smallest absolute Gasteiger partial charge is 0.341 e. The highest BCUT2D eigenvalue weighted by atomic mass is 32.1. The highest BCUT2D eigenvalue weighted by Gasteiger charge is 2.24. The van der Waals surface area contributed by atoms with Crippen molar-refractivity contribution in [3.05, 3.63) is 16.0 Å². The number of hydrogen-bond acceptors (Lipinski definition) is 5. The first-order chi connectivity index (χ1) is 9.42. The largest absolute Gasteiger partial charge is 0.462 e. The summed E-state index contributed by atoms with van der Waals surface area (Å²) < 4.78 is 4.99. The second kappa shape index (κ2) is 7.19. The molecule has 0 aliphatic rings. The van der Waals surface area contributed by atoms with E-state index < -0.39 is 5.97 Å². The molecular formula is C14H19NO4S. The van der Waals surface area contributed by atoms with Crippen molar-refractivity contribution in [2.24, 2.45) is 0 Å². The van der Waals surface area contributed by atoms with Crippen LogP contribution in [0.2, 0.25) is 0 Å². The first-order valence-corrected chi connectivity index (χ1v) is 7.35. The van der Waals surface area contributed by atoms with Crippen molar-refractivity contribution in [2.75, 3.05) is 11.9 Å². The lowest BCUT2D eigenvalue weighted by molar-refractivity contribution is -0.116. The molecule has 0 aromatic carbocycles. The summed E-state index contributed by atoms with van der Waals surface area (Å²) >= 11 is 1.12. The average Bonchev–Trinajstić information content (AvgIpc) is 2.66. The van der Waals surface area contributed by atoms with Crippen LogP contribution in [0.25, 0.3) is 0 Å². The van der Waals surface area contributed by atoms with Crippen LogP contribution in [-0.4, -0.2) is 24.3 Å². The summed E-state index contributed by atoms with van der Waals surface area (Å²) in [5.41, 5.74) is 0.847. The molecule has 0 fully saturated rings. The van der Waals surface area contributed by atoms with Gasteiger partial charge in [-0.15, -0.1) is 11.3 Å². The number of carbonyl (C=O) groups excluding carboxylic acids is 3. The van der Waals surface area contributed by atoms with Gasteiger partial charge >= 0.3 is 5.97 Å². The fourth-order valence-corrected chi connectivity index (χ4v) is 2.91. The van der Waals surface area contributed by atoms with E-state index in [4.69, 9.17) is 4.74 Å². The van der Waals surface area contributed by atoms with Gasteiger partial charge in [0, 0.05) is 6.42 Å². The third kappa shape index (κ3) is 3.66. The van der Waals surface area contributed by atoms with Crippen molar-refractivity contribution >= 4 is 34.0 Å². The zero-order valence-corrected chi connectivity index (χ0v) is 13.0. The molecule has 110 valence electrons. The zero-order valence-electron chi connectivity index (χ0n) is 12.2. The van der Waals surface area contributed by atoms with Crippen LogP contribution in [0.5, 0.6) is 0 Å². The van der Waals surface area contributed by atoms with E-state index in [-0.39, 0.29) is 23.9 Å². The van der Waals surface area contributed by atoms with Gasteiger partial charge in [-0.3, -0.25) is 9.59 Å². The van der Waals surface area contributed by atoms with E-state index in [9.17, 15) is 14.4 Å². The molecule has 0 aliphatic carbocycles. The van der Waals surface area contributed by atoms with E-state index in [1.807, 2.05) is 6.92 Å². The van der Waals surface area contributed by atoms with Gasteiger partial charge in [-0.2, -0.15) is 0 Å². The summed E-state index contributed by atoms with van der Waals surface area (Å²) in [5.74, 6) is -0.816. The predicted molar refractivity (Wildman–Crippen MR) is 78.6 cm³/mol. The minimum absolute atomic E-state index is 0.131. The lowest BCUT2D eigenvalue weighted by Gasteiger charge is -2.06. The van der Waals surface area contributed by atoms with Gasteiger partial charge in [-0.25, -0.2) is 4.79 Å². The molecule has 0 unspecified atom stereocenters. The molecule has 5 nitrogen and oxygen atoms in total. The van der Waals surface area contributed by atoms with Crippen molar-refractivity contribution < 1.29 is 19.1 Å². The molecule has 1 rings (SSSR count). The molecular weight excluding hydrogens is 278 g/mol. The normalized spacial score (nSPS) is 10.2. The van der Waals surface area contributed by atoms with Gasteiger partial charge in [0.15, 0.2) is 5.78 Å². The number of esters is 1. The van der Waals surface area contributed by atoms with Crippen molar-refractivity contribution in [3.63, 3.8) is 0 Å². The monoisotopic (exact) mass is 297 g/mol. The molecule has 1 aromatic heterocycles. The van der Waals surface area contributed by atoms with E-state index in [1.54, 1.807) is 13.8 Å². The molecule has 0 atom stereocenters. The molecule has 0 spiro atoms. The Morgan fingerprint density at radius 1 is 1.25 bits per heavy atom. The number of Topliss-reactive ketones (excluding diaryl/α,β-unsaturated/α-hetero) is 1. The van der Waals surface area contributed by atoms with Gasteiger partial charge < -0.3 is 10.1 Å². The first-order valence-electron chi connectivity index (χ1n) is 6.53. The van der Waals surface area contributed by atoms with Crippen molar-refractivity contribution in [1.29, 1.82) is 0 Å². The number of rotatable bonds is 6. The summed E-state index contributed by atoms with van der Waals surface area (Å²) in [5, 5.41) is 3.09. The first kappa shape index (κ1) is 16.4. The second-order valence-electron chi connectivity index (χ2n) is 4.34. The van der Waals surface area contributed by atoms with E-state index in [0.29, 0.717) is 28.3 Å². The van der Waals surface area contributed by atoms with Crippen LogP contribution in [0.3, 0.4) is 0 Å². The van der Waals surface area contributed by atoms with Crippen molar-refractivity contribution in [2.45, 2.75) is 40.5 Å². The molecule has 0 saturated carbocycles. The van der Waals surface area contributed by atoms with Crippen LogP contribution < -0.4 is 5.32 Å². The number of thiophene rings is 1. The summed E-state index contributed by atoms with van der Waals surface area (Å²) in [6.07, 6.45) is 1.08. The van der Waals surface area contributed by atoms with Crippen molar-refractivity contribution in [1.82, 2.24) is 0 Å². The topological polar surface area (TPSA) is 72.5 Å². The third-order valence-electron chi connectivity index (χ3n) is 2.68. The summed E-state index contributed by atoms with van der Waals surface area (Å²) in [7, 11) is 0. The van der Waals surface area contributed by atoms with Gasteiger partial charge in [0.2, 0.25) is 5.91 Å². The standard InChI is InChI=1S/C14H19NO4S/c1-5-7-10(17)15-13-11(14(18)19-6-2)8(3)12(20-13)9(4)16/h5-7H2,1-4H3,(H,15,17). The van der Waals surface area contributed by atoms with E-state index in [1.165, 1.54) is 6.92 Å². The van der Waals surface area contributed by atoms with Crippen molar-refractivity contribution in [3.8, 4) is 0 Å². The van der Waals surface area contributed by atoms with Gasteiger partial charge in [0.1, 0.15) is 5.00 Å². The molecule has 1 N–H and O–H groups in total.